The van der Waals surface area contributed by atoms with Gasteiger partial charge in [0.15, 0.2) is 0 Å². The molecule has 0 aliphatic heterocycles. The van der Waals surface area contributed by atoms with Crippen LogP contribution in [-0.4, -0.2) is 10.1 Å². The van der Waals surface area contributed by atoms with Gasteiger partial charge < -0.3 is 5.11 Å². The van der Waals surface area contributed by atoms with Gasteiger partial charge in [-0.2, -0.15) is 0 Å². The van der Waals surface area contributed by atoms with Crippen molar-refractivity contribution in [2.75, 3.05) is 0 Å². The number of benzene rings is 2. The summed E-state index contributed by atoms with van der Waals surface area (Å²) < 4.78 is 13.4. The van der Waals surface area contributed by atoms with Gasteiger partial charge in [0.2, 0.25) is 0 Å². The van der Waals surface area contributed by atoms with Crippen LogP contribution >= 0.6 is 11.6 Å². The summed E-state index contributed by atoms with van der Waals surface area (Å²) in [4.78, 5) is 4.24. The van der Waals surface area contributed by atoms with Gasteiger partial charge in [0.25, 0.3) is 0 Å². The summed E-state index contributed by atoms with van der Waals surface area (Å²) in [6.45, 7) is 0. The van der Waals surface area contributed by atoms with E-state index in [1.807, 2.05) is 12.1 Å². The fraction of sp³-hybridized carbons (Fsp3) is 0.0625. The molecule has 1 aromatic heterocycles. The zero-order valence-corrected chi connectivity index (χ0v) is 11.2. The Morgan fingerprint density at radius 2 is 1.90 bits per heavy atom. The van der Waals surface area contributed by atoms with Crippen LogP contribution in [-0.2, 0) is 0 Å². The second-order valence-electron chi connectivity index (χ2n) is 4.49. The van der Waals surface area contributed by atoms with Crippen LogP contribution in [0.15, 0.2) is 54.7 Å². The molecule has 0 bridgehead atoms. The lowest BCUT2D eigenvalue weighted by Crippen LogP contribution is -2.02. The number of hydrogen-bond acceptors (Lipinski definition) is 2. The van der Waals surface area contributed by atoms with E-state index in [0.29, 0.717) is 16.1 Å². The van der Waals surface area contributed by atoms with E-state index in [2.05, 4.69) is 4.98 Å². The molecule has 1 unspecified atom stereocenters. The van der Waals surface area contributed by atoms with Crippen LogP contribution in [0.5, 0.6) is 0 Å². The molecule has 100 valence electrons. The van der Waals surface area contributed by atoms with Crippen molar-refractivity contribution in [3.8, 4) is 0 Å². The topological polar surface area (TPSA) is 33.1 Å². The summed E-state index contributed by atoms with van der Waals surface area (Å²) in [6.07, 6.45) is 0.694. The SMILES string of the molecule is OC(c1cc(F)ccc1Cl)c1cccc2ncccc12. The zero-order valence-electron chi connectivity index (χ0n) is 10.4. The fourth-order valence-corrected chi connectivity index (χ4v) is 2.48. The molecule has 0 amide bonds. The van der Waals surface area contributed by atoms with Gasteiger partial charge in [0.1, 0.15) is 11.9 Å². The third kappa shape index (κ3) is 2.26. The molecule has 0 spiro atoms. The van der Waals surface area contributed by atoms with E-state index in [4.69, 9.17) is 11.6 Å². The van der Waals surface area contributed by atoms with E-state index in [1.165, 1.54) is 18.2 Å². The number of aliphatic hydroxyl groups is 1. The van der Waals surface area contributed by atoms with Gasteiger partial charge in [-0.3, -0.25) is 4.98 Å². The average molecular weight is 288 g/mol. The Balaban J connectivity index is 2.17. The molecule has 0 fully saturated rings. The maximum atomic E-state index is 13.4. The Morgan fingerprint density at radius 3 is 2.75 bits per heavy atom. The highest BCUT2D eigenvalue weighted by molar-refractivity contribution is 6.31. The first-order chi connectivity index (χ1) is 9.66. The van der Waals surface area contributed by atoms with Crippen molar-refractivity contribution in [3.05, 3.63) is 76.7 Å². The number of halogens is 2. The number of pyridine rings is 1. The second kappa shape index (κ2) is 5.19. The highest BCUT2D eigenvalue weighted by atomic mass is 35.5. The van der Waals surface area contributed by atoms with Crippen LogP contribution in [0.3, 0.4) is 0 Å². The predicted octanol–water partition coefficient (Wildman–Crippen LogP) is 4.11. The Kier molecular flexibility index (Phi) is 3.38. The van der Waals surface area contributed by atoms with E-state index < -0.39 is 11.9 Å². The summed E-state index contributed by atoms with van der Waals surface area (Å²) in [5, 5.41) is 11.7. The van der Waals surface area contributed by atoms with Gasteiger partial charge in [-0.05, 0) is 35.9 Å². The normalized spacial score (nSPS) is 12.6. The van der Waals surface area contributed by atoms with Gasteiger partial charge >= 0.3 is 0 Å². The summed E-state index contributed by atoms with van der Waals surface area (Å²) in [5.41, 5.74) is 1.78. The number of aliphatic hydroxyl groups excluding tert-OH is 1. The minimum absolute atomic E-state index is 0.333. The number of fused-ring (bicyclic) bond motifs is 1. The first-order valence-electron chi connectivity index (χ1n) is 6.13. The van der Waals surface area contributed by atoms with Crippen LogP contribution in [0, 0.1) is 5.82 Å². The molecule has 1 N–H and O–H groups in total. The standard InChI is InChI=1S/C16H11ClFNO/c17-14-7-6-10(18)9-13(14)16(20)12-3-1-5-15-11(12)4-2-8-19-15/h1-9,16,20H. The quantitative estimate of drug-likeness (QED) is 0.769. The molecule has 3 aromatic rings. The van der Waals surface area contributed by atoms with Crippen molar-refractivity contribution in [2.24, 2.45) is 0 Å². The molecule has 0 aliphatic carbocycles. The van der Waals surface area contributed by atoms with Crippen LogP contribution in [0.25, 0.3) is 10.9 Å². The van der Waals surface area contributed by atoms with Crippen LogP contribution in [0.1, 0.15) is 17.2 Å². The fourth-order valence-electron chi connectivity index (χ4n) is 2.26. The van der Waals surface area contributed by atoms with Crippen molar-refractivity contribution in [1.29, 1.82) is 0 Å². The maximum Gasteiger partial charge on any atom is 0.123 e. The van der Waals surface area contributed by atoms with Crippen molar-refractivity contribution in [1.82, 2.24) is 4.98 Å². The Hall–Kier alpha value is -1.97. The first kappa shape index (κ1) is 13.0. The number of hydrogen-bond donors (Lipinski definition) is 1. The van der Waals surface area contributed by atoms with Crippen molar-refractivity contribution < 1.29 is 9.50 Å². The lowest BCUT2D eigenvalue weighted by Gasteiger charge is -2.15. The lowest BCUT2D eigenvalue weighted by molar-refractivity contribution is 0.221. The van der Waals surface area contributed by atoms with E-state index >= 15 is 0 Å². The molecule has 4 heteroatoms. The van der Waals surface area contributed by atoms with E-state index in [9.17, 15) is 9.50 Å². The predicted molar refractivity (Wildman–Crippen MR) is 77.2 cm³/mol. The molecular weight excluding hydrogens is 277 g/mol. The van der Waals surface area contributed by atoms with Crippen molar-refractivity contribution >= 4 is 22.5 Å². The highest BCUT2D eigenvalue weighted by Gasteiger charge is 2.17. The van der Waals surface area contributed by atoms with Gasteiger partial charge in [-0.25, -0.2) is 4.39 Å². The Morgan fingerprint density at radius 1 is 1.05 bits per heavy atom. The largest absolute Gasteiger partial charge is 0.384 e. The molecule has 0 saturated carbocycles. The summed E-state index contributed by atoms with van der Waals surface area (Å²) >= 11 is 6.05. The van der Waals surface area contributed by atoms with Crippen LogP contribution < -0.4 is 0 Å². The van der Waals surface area contributed by atoms with E-state index in [1.54, 1.807) is 24.4 Å². The molecule has 0 radical (unpaired) electrons. The summed E-state index contributed by atoms with van der Waals surface area (Å²) in [6, 6.07) is 13.1. The van der Waals surface area contributed by atoms with Crippen molar-refractivity contribution in [3.63, 3.8) is 0 Å². The third-order valence-corrected chi connectivity index (χ3v) is 3.57. The molecule has 3 rings (SSSR count). The molecule has 20 heavy (non-hydrogen) atoms. The molecule has 1 atom stereocenters. The van der Waals surface area contributed by atoms with E-state index in [0.717, 1.165) is 10.9 Å². The molecule has 0 aliphatic rings. The summed E-state index contributed by atoms with van der Waals surface area (Å²) in [7, 11) is 0. The summed E-state index contributed by atoms with van der Waals surface area (Å²) in [5.74, 6) is -0.429. The minimum atomic E-state index is -0.994. The third-order valence-electron chi connectivity index (χ3n) is 3.23. The number of aromatic nitrogens is 1. The van der Waals surface area contributed by atoms with Gasteiger partial charge in [0, 0.05) is 22.2 Å². The van der Waals surface area contributed by atoms with Gasteiger partial charge in [-0.1, -0.05) is 29.8 Å². The van der Waals surface area contributed by atoms with Crippen molar-refractivity contribution in [2.45, 2.75) is 6.10 Å². The Labute approximate surface area is 120 Å². The second-order valence-corrected chi connectivity index (χ2v) is 4.89. The van der Waals surface area contributed by atoms with Gasteiger partial charge in [-0.15, -0.1) is 0 Å². The van der Waals surface area contributed by atoms with Gasteiger partial charge in [0.05, 0.1) is 5.52 Å². The molecule has 2 aromatic carbocycles. The highest BCUT2D eigenvalue weighted by Crippen LogP contribution is 2.32. The molecule has 2 nitrogen and oxygen atoms in total. The maximum absolute atomic E-state index is 13.4. The molecule has 1 heterocycles. The number of nitrogens with zero attached hydrogens (tertiary/aromatic N) is 1. The smallest absolute Gasteiger partial charge is 0.123 e. The van der Waals surface area contributed by atoms with Crippen LogP contribution in [0.2, 0.25) is 5.02 Å². The number of rotatable bonds is 2. The zero-order chi connectivity index (χ0) is 14.1. The van der Waals surface area contributed by atoms with Crippen LogP contribution in [0.4, 0.5) is 4.39 Å². The Bertz CT molecular complexity index is 770. The minimum Gasteiger partial charge on any atom is -0.384 e. The molecule has 0 saturated heterocycles. The van der Waals surface area contributed by atoms with E-state index in [-0.39, 0.29) is 0 Å². The monoisotopic (exact) mass is 287 g/mol. The lowest BCUT2D eigenvalue weighted by atomic mass is 9.97. The first-order valence-corrected chi connectivity index (χ1v) is 6.51. The molecular formula is C16H11ClFNO. The average Bonchev–Trinajstić information content (AvgIpc) is 2.48.